The normalized spacial score (nSPS) is 10.6. The van der Waals surface area contributed by atoms with Gasteiger partial charge in [-0.1, -0.05) is 90.0 Å². The van der Waals surface area contributed by atoms with Crippen molar-refractivity contribution in [1.82, 2.24) is 0 Å². The van der Waals surface area contributed by atoms with Crippen LogP contribution in [-0.2, 0) is 0 Å². The number of hydrogen-bond donors (Lipinski definition) is 2. The van der Waals surface area contributed by atoms with Gasteiger partial charge in [0, 0.05) is 0 Å². The Balaban J connectivity index is 1.88. The highest BCUT2D eigenvalue weighted by molar-refractivity contribution is 6.13. The summed E-state index contributed by atoms with van der Waals surface area (Å²) in [6.07, 6.45) is 0. The second kappa shape index (κ2) is 8.26. The molecule has 0 bridgehead atoms. The van der Waals surface area contributed by atoms with E-state index in [1.54, 1.807) is 24.3 Å². The third-order valence-corrected chi connectivity index (χ3v) is 5.17. The van der Waals surface area contributed by atoms with Crippen LogP contribution in [0.3, 0.4) is 0 Å². The Kier molecular flexibility index (Phi) is 5.36. The zero-order valence-electron chi connectivity index (χ0n) is 17.0. The Bertz CT molecular complexity index is 1130. The van der Waals surface area contributed by atoms with Gasteiger partial charge in [-0.15, -0.1) is 0 Å². The number of benzene rings is 4. The van der Waals surface area contributed by atoms with Crippen LogP contribution in [0.15, 0.2) is 91.0 Å². The van der Waals surface area contributed by atoms with Crippen molar-refractivity contribution in [3.05, 3.63) is 108 Å². The molecule has 3 heteroatoms. The molecule has 0 heterocycles. The molecule has 4 aromatic carbocycles. The van der Waals surface area contributed by atoms with Crippen LogP contribution in [0.4, 0.5) is 5.69 Å². The molecule has 148 valence electrons. The first-order valence-electron chi connectivity index (χ1n) is 9.89. The molecule has 0 fully saturated rings. The van der Waals surface area contributed by atoms with E-state index in [4.69, 9.17) is 0 Å². The molecule has 0 atom stereocenters. The fourth-order valence-corrected chi connectivity index (χ4v) is 3.51. The predicted molar refractivity (Wildman–Crippen MR) is 123 cm³/mol. The van der Waals surface area contributed by atoms with E-state index >= 15 is 0 Å². The fraction of sp³-hybridized carbons (Fsp3) is 0.0741. The van der Waals surface area contributed by atoms with Gasteiger partial charge in [-0.25, -0.2) is 0 Å². The molecule has 4 aromatic rings. The minimum atomic E-state index is -0.261. The van der Waals surface area contributed by atoms with Gasteiger partial charge in [-0.05, 0) is 48.2 Å². The number of nitrogens with one attached hydrogen (secondary N) is 1. The van der Waals surface area contributed by atoms with Gasteiger partial charge in [0.25, 0.3) is 5.91 Å². The van der Waals surface area contributed by atoms with E-state index in [0.29, 0.717) is 11.3 Å². The summed E-state index contributed by atoms with van der Waals surface area (Å²) < 4.78 is 0. The van der Waals surface area contributed by atoms with Gasteiger partial charge in [0.2, 0.25) is 0 Å². The van der Waals surface area contributed by atoms with Crippen LogP contribution in [0.2, 0.25) is 0 Å². The number of carbonyl (C=O) groups is 1. The summed E-state index contributed by atoms with van der Waals surface area (Å²) in [7, 11) is 0. The highest BCUT2D eigenvalue weighted by Gasteiger charge is 2.19. The fourth-order valence-electron chi connectivity index (χ4n) is 3.51. The van der Waals surface area contributed by atoms with E-state index < -0.39 is 0 Å². The molecule has 0 aliphatic heterocycles. The van der Waals surface area contributed by atoms with Crippen molar-refractivity contribution in [1.29, 1.82) is 0 Å². The van der Waals surface area contributed by atoms with Crippen molar-refractivity contribution < 1.29 is 9.90 Å². The Hall–Kier alpha value is -3.85. The summed E-state index contributed by atoms with van der Waals surface area (Å²) in [5, 5.41) is 13.0. The summed E-state index contributed by atoms with van der Waals surface area (Å²) in [6.45, 7) is 4.08. The second-order valence-electron chi connectivity index (χ2n) is 7.43. The monoisotopic (exact) mass is 393 g/mol. The molecule has 0 aliphatic rings. The standard InChI is InChI=1S/C27H23NO2/c1-18-10-14-20(15-11-18)22-6-5-7-23(21-16-12-19(2)13-17-21)26(22)27(30)28-24-8-3-4-9-25(24)29/h3-17,29H,1-2H3,(H,28,30). The summed E-state index contributed by atoms with van der Waals surface area (Å²) >= 11 is 0. The lowest BCUT2D eigenvalue weighted by atomic mass is 9.90. The van der Waals surface area contributed by atoms with Gasteiger partial charge in [-0.2, -0.15) is 0 Å². The molecule has 2 N–H and O–H groups in total. The molecule has 0 saturated carbocycles. The molecule has 0 spiro atoms. The van der Waals surface area contributed by atoms with Gasteiger partial charge in [-0.3, -0.25) is 4.79 Å². The highest BCUT2D eigenvalue weighted by atomic mass is 16.3. The first kappa shape index (κ1) is 19.5. The zero-order valence-corrected chi connectivity index (χ0v) is 17.0. The van der Waals surface area contributed by atoms with Crippen molar-refractivity contribution in [3.63, 3.8) is 0 Å². The van der Waals surface area contributed by atoms with E-state index in [1.807, 2.05) is 80.6 Å². The van der Waals surface area contributed by atoms with Gasteiger partial charge in [0.1, 0.15) is 5.75 Å². The minimum absolute atomic E-state index is 0.0375. The number of hydrogen-bond acceptors (Lipinski definition) is 2. The molecule has 0 radical (unpaired) electrons. The maximum absolute atomic E-state index is 13.5. The highest BCUT2D eigenvalue weighted by Crippen LogP contribution is 2.34. The molecule has 0 aliphatic carbocycles. The summed E-state index contributed by atoms with van der Waals surface area (Å²) in [5.41, 5.74) is 6.92. The number of anilines is 1. The lowest BCUT2D eigenvalue weighted by Gasteiger charge is -2.16. The van der Waals surface area contributed by atoms with Crippen LogP contribution >= 0.6 is 0 Å². The minimum Gasteiger partial charge on any atom is -0.506 e. The van der Waals surface area contributed by atoms with Gasteiger partial charge < -0.3 is 10.4 Å². The first-order chi connectivity index (χ1) is 14.5. The first-order valence-corrected chi connectivity index (χ1v) is 9.89. The number of carbonyl (C=O) groups excluding carboxylic acids is 1. The quantitative estimate of drug-likeness (QED) is 0.384. The smallest absolute Gasteiger partial charge is 0.257 e. The van der Waals surface area contributed by atoms with Gasteiger partial charge in [0.05, 0.1) is 11.3 Å². The molecule has 3 nitrogen and oxygen atoms in total. The van der Waals surface area contributed by atoms with E-state index in [0.717, 1.165) is 33.4 Å². The van der Waals surface area contributed by atoms with Crippen molar-refractivity contribution in [3.8, 4) is 28.0 Å². The van der Waals surface area contributed by atoms with E-state index in [1.165, 1.54) is 0 Å². The van der Waals surface area contributed by atoms with Gasteiger partial charge in [0.15, 0.2) is 0 Å². The lowest BCUT2D eigenvalue weighted by Crippen LogP contribution is -2.15. The Morgan fingerprint density at radius 2 is 1.17 bits per heavy atom. The molecule has 30 heavy (non-hydrogen) atoms. The Labute approximate surface area is 176 Å². The van der Waals surface area contributed by atoms with Crippen molar-refractivity contribution in [2.24, 2.45) is 0 Å². The number of phenols is 1. The Morgan fingerprint density at radius 3 is 1.67 bits per heavy atom. The van der Waals surface area contributed by atoms with Crippen LogP contribution < -0.4 is 5.32 Å². The van der Waals surface area contributed by atoms with Crippen LogP contribution in [0.5, 0.6) is 5.75 Å². The van der Waals surface area contributed by atoms with Crippen LogP contribution in [0, 0.1) is 13.8 Å². The lowest BCUT2D eigenvalue weighted by molar-refractivity contribution is 0.102. The van der Waals surface area contributed by atoms with E-state index in [9.17, 15) is 9.90 Å². The topological polar surface area (TPSA) is 49.3 Å². The van der Waals surface area contributed by atoms with Crippen molar-refractivity contribution in [2.75, 3.05) is 5.32 Å². The number of aryl methyl sites for hydroxylation is 2. The van der Waals surface area contributed by atoms with Gasteiger partial charge >= 0.3 is 0 Å². The van der Waals surface area contributed by atoms with Crippen LogP contribution in [0.1, 0.15) is 21.5 Å². The summed E-state index contributed by atoms with van der Waals surface area (Å²) in [5.74, 6) is -0.223. The largest absolute Gasteiger partial charge is 0.506 e. The third kappa shape index (κ3) is 3.96. The zero-order chi connectivity index (χ0) is 21.1. The van der Waals surface area contributed by atoms with Crippen molar-refractivity contribution >= 4 is 11.6 Å². The summed E-state index contributed by atoms with van der Waals surface area (Å²) in [6, 6.07) is 28.9. The number of aromatic hydroxyl groups is 1. The molecule has 0 aromatic heterocycles. The SMILES string of the molecule is Cc1ccc(-c2cccc(-c3ccc(C)cc3)c2C(=O)Nc2ccccc2O)cc1. The number of amides is 1. The molecule has 1 amide bonds. The molecule has 0 unspecified atom stereocenters. The van der Waals surface area contributed by atoms with Crippen LogP contribution in [-0.4, -0.2) is 11.0 Å². The maximum atomic E-state index is 13.5. The summed E-state index contributed by atoms with van der Waals surface area (Å²) in [4.78, 5) is 13.5. The number of rotatable bonds is 4. The Morgan fingerprint density at radius 1 is 0.667 bits per heavy atom. The van der Waals surface area contributed by atoms with Crippen molar-refractivity contribution in [2.45, 2.75) is 13.8 Å². The van der Waals surface area contributed by atoms with E-state index in [-0.39, 0.29) is 11.7 Å². The number of para-hydroxylation sites is 2. The van der Waals surface area contributed by atoms with Crippen LogP contribution in [0.25, 0.3) is 22.3 Å². The molecular weight excluding hydrogens is 370 g/mol. The average molecular weight is 393 g/mol. The third-order valence-electron chi connectivity index (χ3n) is 5.17. The molecular formula is C27H23NO2. The predicted octanol–water partition coefficient (Wildman–Crippen LogP) is 6.60. The number of phenolic OH excluding ortho intramolecular Hbond substituents is 1. The average Bonchev–Trinajstić information content (AvgIpc) is 2.76. The second-order valence-corrected chi connectivity index (χ2v) is 7.43. The molecule has 4 rings (SSSR count). The van der Waals surface area contributed by atoms with E-state index in [2.05, 4.69) is 5.32 Å². The molecule has 0 saturated heterocycles. The maximum Gasteiger partial charge on any atom is 0.257 e.